The summed E-state index contributed by atoms with van der Waals surface area (Å²) in [4.78, 5) is 30.5. The highest BCUT2D eigenvalue weighted by Gasteiger charge is 2.20. The van der Waals surface area contributed by atoms with E-state index in [1.54, 1.807) is 75.0 Å². The fourth-order valence-electron chi connectivity index (χ4n) is 3.07. The predicted octanol–water partition coefficient (Wildman–Crippen LogP) is 3.32. The van der Waals surface area contributed by atoms with Crippen LogP contribution in [0.2, 0.25) is 0 Å². The van der Waals surface area contributed by atoms with E-state index in [2.05, 4.69) is 20.3 Å². The number of hydrogen-bond acceptors (Lipinski definition) is 4. The van der Waals surface area contributed by atoms with Crippen molar-refractivity contribution in [2.75, 3.05) is 24.1 Å². The second kappa shape index (κ2) is 10.5. The molecule has 1 heterocycles. The molecule has 0 spiro atoms. The first-order valence-electron chi connectivity index (χ1n) is 9.62. The molecule has 2 aromatic carbocycles. The number of carbonyl (C=O) groups is 2. The fourth-order valence-corrected chi connectivity index (χ4v) is 3.47. The van der Waals surface area contributed by atoms with Crippen molar-refractivity contribution in [1.29, 1.82) is 0 Å². The first kappa shape index (κ1) is 22.9. The molecule has 0 aliphatic rings. The van der Waals surface area contributed by atoms with Crippen molar-refractivity contribution >= 4 is 34.6 Å². The van der Waals surface area contributed by atoms with E-state index < -0.39 is 17.3 Å². The van der Waals surface area contributed by atoms with Crippen molar-refractivity contribution in [3.8, 4) is 11.1 Å². The van der Waals surface area contributed by atoms with Gasteiger partial charge in [-0.3, -0.25) is 19.1 Å². The highest BCUT2D eigenvalue weighted by atomic mass is 32.2. The Morgan fingerprint density at radius 1 is 1.03 bits per heavy atom. The highest BCUT2D eigenvalue weighted by molar-refractivity contribution is 7.80. The zero-order valence-electron chi connectivity index (χ0n) is 17.5. The molecule has 0 aliphatic carbocycles. The molecule has 10 heteroatoms. The third-order valence-electron chi connectivity index (χ3n) is 4.53. The Labute approximate surface area is 188 Å². The molecule has 3 aromatic rings. The largest absolute Gasteiger partial charge is 0.345 e. The van der Waals surface area contributed by atoms with Crippen molar-refractivity contribution < 1.29 is 18.4 Å². The van der Waals surface area contributed by atoms with Crippen LogP contribution in [-0.2, 0) is 17.8 Å². The van der Waals surface area contributed by atoms with Crippen LogP contribution < -0.4 is 15.4 Å². The molecular weight excluding hydrogens is 430 g/mol. The number of nitrogens with one attached hydrogen (secondary N) is 3. The highest BCUT2D eigenvalue weighted by Crippen LogP contribution is 2.36. The third-order valence-corrected chi connectivity index (χ3v) is 4.91. The molecule has 9 nitrogen and oxygen atoms in total. The minimum atomic E-state index is -2.41. The van der Waals surface area contributed by atoms with Crippen molar-refractivity contribution in [3.63, 3.8) is 0 Å². The summed E-state index contributed by atoms with van der Waals surface area (Å²) < 4.78 is 23.5. The number of aromatic nitrogens is 1. The van der Waals surface area contributed by atoms with Crippen molar-refractivity contribution in [3.05, 3.63) is 78.1 Å². The quantitative estimate of drug-likeness (QED) is 0.409. The van der Waals surface area contributed by atoms with E-state index in [-0.39, 0.29) is 17.2 Å². The number of urea groups is 1. The second-order valence-electron chi connectivity index (χ2n) is 6.99. The molecule has 0 saturated heterocycles. The molecule has 3 rings (SSSR count). The number of hydrogen-bond donors (Lipinski definition) is 4. The Hall–Kier alpha value is -3.76. The van der Waals surface area contributed by atoms with Crippen LogP contribution in [0.5, 0.6) is 0 Å². The molecule has 1 aromatic heterocycles. The Morgan fingerprint density at radius 2 is 1.78 bits per heavy atom. The van der Waals surface area contributed by atoms with Gasteiger partial charge in [-0.05, 0) is 23.8 Å². The Bertz CT molecular complexity index is 1140. The molecular formula is C22H23N5O4S. The summed E-state index contributed by atoms with van der Waals surface area (Å²) in [5.74, 6) is -0.334. The molecule has 166 valence electrons. The van der Waals surface area contributed by atoms with Gasteiger partial charge in [-0.25, -0.2) is 9.00 Å². The average molecular weight is 454 g/mol. The van der Waals surface area contributed by atoms with Crippen LogP contribution in [0, 0.1) is 0 Å². The van der Waals surface area contributed by atoms with Gasteiger partial charge < -0.3 is 15.5 Å². The van der Waals surface area contributed by atoms with Gasteiger partial charge in [0, 0.05) is 44.2 Å². The van der Waals surface area contributed by atoms with Gasteiger partial charge in [0.05, 0.1) is 16.9 Å². The summed E-state index contributed by atoms with van der Waals surface area (Å²) in [6, 6.07) is 15.1. The summed E-state index contributed by atoms with van der Waals surface area (Å²) in [5, 5.41) is 5.56. The Balaban J connectivity index is 1.93. The lowest BCUT2D eigenvalue weighted by Crippen LogP contribution is -2.28. The van der Waals surface area contributed by atoms with Gasteiger partial charge in [-0.1, -0.05) is 36.4 Å². The van der Waals surface area contributed by atoms with Crippen molar-refractivity contribution in [2.24, 2.45) is 0 Å². The number of nitrogens with zero attached hydrogens (tertiary/aromatic N) is 2. The summed E-state index contributed by atoms with van der Waals surface area (Å²) in [6.07, 6.45) is 3.31. The van der Waals surface area contributed by atoms with E-state index in [0.717, 1.165) is 5.56 Å². The monoisotopic (exact) mass is 453 g/mol. The SMILES string of the molecule is CN(C)C(=O)c1cccc(-c2ccccc2NC(=O)NCc2cccnc2)c1NS(=O)O. The maximum absolute atomic E-state index is 12.6. The Kier molecular flexibility index (Phi) is 7.53. The summed E-state index contributed by atoms with van der Waals surface area (Å²) in [6.45, 7) is 0.297. The number of pyridine rings is 1. The van der Waals surface area contributed by atoms with Crippen LogP contribution in [0.3, 0.4) is 0 Å². The minimum absolute atomic E-state index is 0.192. The molecule has 0 radical (unpaired) electrons. The molecule has 0 bridgehead atoms. The molecule has 3 amide bonds. The smallest absolute Gasteiger partial charge is 0.319 e. The van der Waals surface area contributed by atoms with E-state index in [1.807, 2.05) is 6.07 Å². The molecule has 0 saturated carbocycles. The van der Waals surface area contributed by atoms with Crippen molar-refractivity contribution in [2.45, 2.75) is 6.54 Å². The van der Waals surface area contributed by atoms with E-state index in [0.29, 0.717) is 23.4 Å². The first-order chi connectivity index (χ1) is 15.4. The van der Waals surface area contributed by atoms with Crippen LogP contribution in [0.1, 0.15) is 15.9 Å². The van der Waals surface area contributed by atoms with Crippen molar-refractivity contribution in [1.82, 2.24) is 15.2 Å². The van der Waals surface area contributed by atoms with Gasteiger partial charge in [0.1, 0.15) is 0 Å². The lowest BCUT2D eigenvalue weighted by atomic mass is 9.98. The number of anilines is 2. The zero-order valence-corrected chi connectivity index (χ0v) is 18.3. The Morgan fingerprint density at radius 3 is 2.47 bits per heavy atom. The number of para-hydroxylation sites is 2. The fraction of sp³-hybridized carbons (Fsp3) is 0.136. The maximum atomic E-state index is 12.6. The summed E-state index contributed by atoms with van der Waals surface area (Å²) in [5.41, 5.74) is 2.80. The topological polar surface area (TPSA) is 124 Å². The lowest BCUT2D eigenvalue weighted by molar-refractivity contribution is 0.0828. The average Bonchev–Trinajstić information content (AvgIpc) is 2.78. The third kappa shape index (κ3) is 5.68. The maximum Gasteiger partial charge on any atom is 0.319 e. The minimum Gasteiger partial charge on any atom is -0.345 e. The summed E-state index contributed by atoms with van der Waals surface area (Å²) >= 11 is -2.41. The summed E-state index contributed by atoms with van der Waals surface area (Å²) in [7, 11) is 3.19. The van der Waals surface area contributed by atoms with Gasteiger partial charge in [-0.15, -0.1) is 0 Å². The number of rotatable bonds is 7. The standard InChI is InChI=1S/C22H23N5O4S/c1-27(2)21(28)18-10-5-9-17(20(18)26-32(30)31)16-8-3-4-11-19(16)25-22(29)24-14-15-7-6-12-23-13-15/h3-13,26H,14H2,1-2H3,(H,30,31)(H2,24,25,29). The van der Waals surface area contributed by atoms with Crippen LogP contribution in [0.15, 0.2) is 67.0 Å². The van der Waals surface area contributed by atoms with E-state index in [1.165, 1.54) is 4.90 Å². The number of amides is 3. The van der Waals surface area contributed by atoms with E-state index in [4.69, 9.17) is 0 Å². The normalized spacial score (nSPS) is 11.3. The van der Waals surface area contributed by atoms with Gasteiger partial charge in [0.15, 0.2) is 0 Å². The van der Waals surface area contributed by atoms with Crippen LogP contribution in [0.25, 0.3) is 11.1 Å². The van der Waals surface area contributed by atoms with Gasteiger partial charge in [0.25, 0.3) is 17.2 Å². The first-order valence-corrected chi connectivity index (χ1v) is 10.7. The van der Waals surface area contributed by atoms with Crippen LogP contribution in [-0.4, -0.2) is 44.7 Å². The second-order valence-corrected chi connectivity index (χ2v) is 7.70. The van der Waals surface area contributed by atoms with Crippen LogP contribution in [0.4, 0.5) is 16.2 Å². The zero-order chi connectivity index (χ0) is 23.1. The molecule has 32 heavy (non-hydrogen) atoms. The number of carbonyl (C=O) groups excluding carboxylic acids is 2. The van der Waals surface area contributed by atoms with Gasteiger partial charge >= 0.3 is 6.03 Å². The lowest BCUT2D eigenvalue weighted by Gasteiger charge is -2.19. The van der Waals surface area contributed by atoms with E-state index in [9.17, 15) is 18.4 Å². The van der Waals surface area contributed by atoms with Crippen LogP contribution >= 0.6 is 0 Å². The number of benzene rings is 2. The van der Waals surface area contributed by atoms with Gasteiger partial charge in [0.2, 0.25) is 0 Å². The molecule has 1 unspecified atom stereocenters. The molecule has 1 atom stereocenters. The predicted molar refractivity (Wildman–Crippen MR) is 124 cm³/mol. The molecule has 0 aliphatic heterocycles. The molecule has 4 N–H and O–H groups in total. The molecule has 0 fully saturated rings. The van der Waals surface area contributed by atoms with Gasteiger partial charge in [-0.2, -0.15) is 0 Å². The van der Waals surface area contributed by atoms with E-state index >= 15 is 0 Å².